The lowest BCUT2D eigenvalue weighted by Gasteiger charge is -2.08. The third-order valence-corrected chi connectivity index (χ3v) is 2.55. The van der Waals surface area contributed by atoms with Crippen molar-refractivity contribution in [2.24, 2.45) is 5.84 Å². The molecule has 0 radical (unpaired) electrons. The number of anilines is 1. The van der Waals surface area contributed by atoms with Crippen molar-refractivity contribution >= 4 is 5.82 Å². The molecular formula is C13H17N5O. The summed E-state index contributed by atoms with van der Waals surface area (Å²) in [6.45, 7) is 4.35. The Hall–Kier alpha value is -2.05. The molecule has 0 bridgehead atoms. The number of hydrazine groups is 1. The summed E-state index contributed by atoms with van der Waals surface area (Å²) in [4.78, 5) is 13.2. The van der Waals surface area contributed by atoms with E-state index < -0.39 is 0 Å². The summed E-state index contributed by atoms with van der Waals surface area (Å²) in [7, 11) is 1.62. The van der Waals surface area contributed by atoms with Gasteiger partial charge in [-0.1, -0.05) is 0 Å². The number of pyridine rings is 1. The average Bonchev–Trinajstić information content (AvgIpc) is 2.37. The first-order valence-electron chi connectivity index (χ1n) is 5.91. The fraction of sp³-hybridized carbons (Fsp3) is 0.308. The molecule has 0 amide bonds. The van der Waals surface area contributed by atoms with Gasteiger partial charge in [0.2, 0.25) is 0 Å². The second-order valence-corrected chi connectivity index (χ2v) is 4.32. The van der Waals surface area contributed by atoms with E-state index in [-0.39, 0.29) is 0 Å². The number of hydrogen-bond donors (Lipinski definition) is 2. The molecule has 2 aromatic heterocycles. The number of methoxy groups -OCH3 is 1. The minimum Gasteiger partial charge on any atom is -0.378 e. The Balaban J connectivity index is 2.50. The van der Waals surface area contributed by atoms with E-state index in [1.54, 1.807) is 13.2 Å². The van der Waals surface area contributed by atoms with Crippen LogP contribution in [0.15, 0.2) is 18.2 Å². The zero-order chi connectivity index (χ0) is 13.8. The van der Waals surface area contributed by atoms with Gasteiger partial charge in [-0.25, -0.2) is 20.8 Å². The van der Waals surface area contributed by atoms with Crippen LogP contribution in [0, 0.1) is 13.8 Å². The van der Waals surface area contributed by atoms with Crippen molar-refractivity contribution in [2.45, 2.75) is 20.5 Å². The van der Waals surface area contributed by atoms with Crippen LogP contribution in [0.25, 0.3) is 11.5 Å². The molecule has 0 fully saturated rings. The predicted molar refractivity (Wildman–Crippen MR) is 73.3 cm³/mol. The summed E-state index contributed by atoms with van der Waals surface area (Å²) < 4.78 is 5.09. The molecule has 100 valence electrons. The van der Waals surface area contributed by atoms with Crippen LogP contribution in [0.3, 0.4) is 0 Å². The molecule has 0 saturated carbocycles. The average molecular weight is 259 g/mol. The van der Waals surface area contributed by atoms with Crippen molar-refractivity contribution in [3.05, 3.63) is 35.2 Å². The van der Waals surface area contributed by atoms with Gasteiger partial charge in [-0.3, -0.25) is 0 Å². The van der Waals surface area contributed by atoms with E-state index in [0.29, 0.717) is 18.2 Å². The number of nitrogens with one attached hydrogen (secondary N) is 1. The minimum absolute atomic E-state index is 0.398. The third-order valence-electron chi connectivity index (χ3n) is 2.55. The van der Waals surface area contributed by atoms with Crippen LogP contribution in [0.1, 0.15) is 17.0 Å². The van der Waals surface area contributed by atoms with Gasteiger partial charge in [0.1, 0.15) is 11.5 Å². The molecule has 0 unspecified atom stereocenters. The molecule has 2 heterocycles. The Morgan fingerprint density at radius 1 is 1.16 bits per heavy atom. The molecule has 2 rings (SSSR count). The van der Waals surface area contributed by atoms with Gasteiger partial charge in [0.05, 0.1) is 12.3 Å². The molecule has 0 aliphatic rings. The SMILES string of the molecule is COCc1cc(NN)nc(-c2cc(C)cc(C)n2)n1. The lowest BCUT2D eigenvalue weighted by molar-refractivity contribution is 0.181. The van der Waals surface area contributed by atoms with Crippen LogP contribution in [-0.2, 0) is 11.3 Å². The molecule has 6 heteroatoms. The maximum absolute atomic E-state index is 5.42. The molecule has 0 atom stereocenters. The summed E-state index contributed by atoms with van der Waals surface area (Å²) >= 11 is 0. The maximum atomic E-state index is 5.42. The molecule has 0 spiro atoms. The van der Waals surface area contributed by atoms with Crippen LogP contribution in [0.4, 0.5) is 5.82 Å². The first kappa shape index (κ1) is 13.4. The van der Waals surface area contributed by atoms with Crippen molar-refractivity contribution in [3.63, 3.8) is 0 Å². The second kappa shape index (κ2) is 5.73. The normalized spacial score (nSPS) is 10.5. The maximum Gasteiger partial charge on any atom is 0.180 e. The van der Waals surface area contributed by atoms with Crippen LogP contribution in [0.2, 0.25) is 0 Å². The van der Waals surface area contributed by atoms with E-state index in [9.17, 15) is 0 Å². The summed E-state index contributed by atoms with van der Waals surface area (Å²) in [5.74, 6) is 6.50. The minimum atomic E-state index is 0.398. The van der Waals surface area contributed by atoms with Gasteiger partial charge in [0.15, 0.2) is 5.82 Å². The summed E-state index contributed by atoms with van der Waals surface area (Å²) in [5.41, 5.74) is 6.06. The molecule has 0 aromatic carbocycles. The molecular weight excluding hydrogens is 242 g/mol. The molecule has 0 saturated heterocycles. The number of rotatable bonds is 4. The zero-order valence-corrected chi connectivity index (χ0v) is 11.3. The fourth-order valence-corrected chi connectivity index (χ4v) is 1.86. The topological polar surface area (TPSA) is 86.0 Å². The fourth-order valence-electron chi connectivity index (χ4n) is 1.86. The highest BCUT2D eigenvalue weighted by molar-refractivity contribution is 5.54. The molecule has 6 nitrogen and oxygen atoms in total. The van der Waals surface area contributed by atoms with Crippen LogP contribution >= 0.6 is 0 Å². The molecule has 2 aromatic rings. The standard InChI is InChI=1S/C13H17N5O/c1-8-4-9(2)15-11(5-8)13-16-10(7-19-3)6-12(17-13)18-14/h4-6H,7,14H2,1-3H3,(H,16,17,18). The van der Waals surface area contributed by atoms with Gasteiger partial charge < -0.3 is 10.2 Å². The Kier molecular flexibility index (Phi) is 4.03. The van der Waals surface area contributed by atoms with Crippen LogP contribution in [-0.4, -0.2) is 22.1 Å². The van der Waals surface area contributed by atoms with Gasteiger partial charge in [-0.2, -0.15) is 0 Å². The molecule has 0 aliphatic heterocycles. The quantitative estimate of drug-likeness (QED) is 0.640. The number of aryl methyl sites for hydroxylation is 2. The van der Waals surface area contributed by atoms with Crippen molar-refractivity contribution in [1.29, 1.82) is 0 Å². The second-order valence-electron chi connectivity index (χ2n) is 4.32. The Labute approximate surface area is 112 Å². The first-order valence-corrected chi connectivity index (χ1v) is 5.91. The lowest BCUT2D eigenvalue weighted by atomic mass is 10.2. The molecule has 3 N–H and O–H groups in total. The Bertz CT molecular complexity index is 565. The van der Waals surface area contributed by atoms with Gasteiger partial charge in [0.25, 0.3) is 0 Å². The van der Waals surface area contributed by atoms with Gasteiger partial charge >= 0.3 is 0 Å². The number of nitrogen functional groups attached to an aromatic ring is 1. The van der Waals surface area contributed by atoms with E-state index in [1.807, 2.05) is 26.0 Å². The number of hydrogen-bond acceptors (Lipinski definition) is 6. The molecule has 0 aliphatic carbocycles. The van der Waals surface area contributed by atoms with E-state index in [4.69, 9.17) is 10.6 Å². The summed E-state index contributed by atoms with van der Waals surface area (Å²) in [6.07, 6.45) is 0. The third kappa shape index (κ3) is 3.24. The zero-order valence-electron chi connectivity index (χ0n) is 11.3. The lowest BCUT2D eigenvalue weighted by Crippen LogP contribution is -2.11. The van der Waals surface area contributed by atoms with Crippen molar-refractivity contribution in [1.82, 2.24) is 15.0 Å². The Morgan fingerprint density at radius 2 is 1.95 bits per heavy atom. The number of nitrogens with two attached hydrogens (primary N) is 1. The largest absolute Gasteiger partial charge is 0.378 e. The Morgan fingerprint density at radius 3 is 2.58 bits per heavy atom. The van der Waals surface area contributed by atoms with E-state index in [0.717, 1.165) is 22.6 Å². The van der Waals surface area contributed by atoms with E-state index in [1.165, 1.54) is 0 Å². The smallest absolute Gasteiger partial charge is 0.180 e. The van der Waals surface area contributed by atoms with Gasteiger partial charge in [0, 0.05) is 18.9 Å². The van der Waals surface area contributed by atoms with E-state index in [2.05, 4.69) is 20.4 Å². The van der Waals surface area contributed by atoms with Crippen LogP contribution < -0.4 is 11.3 Å². The monoisotopic (exact) mass is 259 g/mol. The van der Waals surface area contributed by atoms with E-state index >= 15 is 0 Å². The number of aromatic nitrogens is 3. The van der Waals surface area contributed by atoms with Gasteiger partial charge in [-0.15, -0.1) is 0 Å². The van der Waals surface area contributed by atoms with Crippen molar-refractivity contribution < 1.29 is 4.74 Å². The summed E-state index contributed by atoms with van der Waals surface area (Å²) in [5, 5.41) is 0. The first-order chi connectivity index (χ1) is 9.12. The molecule has 19 heavy (non-hydrogen) atoms. The highest BCUT2D eigenvalue weighted by atomic mass is 16.5. The van der Waals surface area contributed by atoms with Crippen molar-refractivity contribution in [3.8, 4) is 11.5 Å². The predicted octanol–water partition coefficient (Wildman–Crippen LogP) is 1.59. The number of ether oxygens (including phenoxy) is 1. The number of nitrogens with zero attached hydrogens (tertiary/aromatic N) is 3. The van der Waals surface area contributed by atoms with Crippen LogP contribution in [0.5, 0.6) is 0 Å². The van der Waals surface area contributed by atoms with Crippen molar-refractivity contribution in [2.75, 3.05) is 12.5 Å². The highest BCUT2D eigenvalue weighted by Gasteiger charge is 2.08. The highest BCUT2D eigenvalue weighted by Crippen LogP contribution is 2.18. The summed E-state index contributed by atoms with van der Waals surface area (Å²) in [6, 6.07) is 5.69. The van der Waals surface area contributed by atoms with Gasteiger partial charge in [-0.05, 0) is 31.5 Å².